The number of hydrogen-bond donors (Lipinski definition) is 0. The molecule has 13 heavy (non-hydrogen) atoms. The SMILES string of the molecule is CCCC/C=C\C=C/OS(C)(=O)=O. The molecule has 0 aliphatic rings. The van der Waals surface area contributed by atoms with Crippen LogP contribution in [0, 0.1) is 0 Å². The van der Waals surface area contributed by atoms with Crippen LogP contribution >= 0.6 is 0 Å². The first-order valence-electron chi connectivity index (χ1n) is 4.26. The van der Waals surface area contributed by atoms with Crippen molar-refractivity contribution < 1.29 is 12.6 Å². The normalized spacial score (nSPS) is 12.8. The monoisotopic (exact) mass is 204 g/mol. The van der Waals surface area contributed by atoms with E-state index in [1.165, 1.54) is 0 Å². The molecule has 0 bridgehead atoms. The van der Waals surface area contributed by atoms with E-state index in [4.69, 9.17) is 0 Å². The zero-order valence-electron chi connectivity index (χ0n) is 8.06. The number of allylic oxidation sites excluding steroid dienone is 3. The summed E-state index contributed by atoms with van der Waals surface area (Å²) < 4.78 is 25.3. The van der Waals surface area contributed by atoms with Crippen LogP contribution < -0.4 is 0 Å². The minimum absolute atomic E-state index is 1.01. The Balaban J connectivity index is 3.58. The molecule has 0 N–H and O–H groups in total. The van der Waals surface area contributed by atoms with Crippen molar-refractivity contribution in [3.63, 3.8) is 0 Å². The maximum Gasteiger partial charge on any atom is 0.305 e. The van der Waals surface area contributed by atoms with E-state index in [1.54, 1.807) is 12.2 Å². The largest absolute Gasteiger partial charge is 0.391 e. The van der Waals surface area contributed by atoms with Crippen LogP contribution in [0.15, 0.2) is 24.5 Å². The Morgan fingerprint density at radius 1 is 1.31 bits per heavy atom. The summed E-state index contributed by atoms with van der Waals surface area (Å²) in [7, 11) is -3.34. The molecule has 0 atom stereocenters. The molecule has 0 saturated heterocycles. The average Bonchev–Trinajstić information content (AvgIpc) is 2.01. The second-order valence-electron chi connectivity index (χ2n) is 2.70. The highest BCUT2D eigenvalue weighted by atomic mass is 32.2. The van der Waals surface area contributed by atoms with Crippen LogP contribution in [0.3, 0.4) is 0 Å². The Hall–Kier alpha value is -0.770. The Morgan fingerprint density at radius 2 is 2.00 bits per heavy atom. The topological polar surface area (TPSA) is 43.4 Å². The Bertz CT molecular complexity index is 263. The van der Waals surface area contributed by atoms with Crippen molar-refractivity contribution in [3.05, 3.63) is 24.5 Å². The molecule has 0 aromatic heterocycles. The average molecular weight is 204 g/mol. The third-order valence-electron chi connectivity index (χ3n) is 1.28. The van der Waals surface area contributed by atoms with Gasteiger partial charge in [-0.05, 0) is 12.5 Å². The molecule has 0 aliphatic carbocycles. The van der Waals surface area contributed by atoms with Crippen molar-refractivity contribution in [1.82, 2.24) is 0 Å². The van der Waals surface area contributed by atoms with Gasteiger partial charge in [0, 0.05) is 0 Å². The van der Waals surface area contributed by atoms with E-state index in [1.807, 2.05) is 6.08 Å². The summed E-state index contributed by atoms with van der Waals surface area (Å²) in [6, 6.07) is 0. The minimum Gasteiger partial charge on any atom is -0.391 e. The maximum absolute atomic E-state index is 10.5. The van der Waals surface area contributed by atoms with E-state index in [0.717, 1.165) is 31.8 Å². The molecule has 0 fully saturated rings. The quantitative estimate of drug-likeness (QED) is 0.288. The predicted molar refractivity (Wildman–Crippen MR) is 53.7 cm³/mol. The van der Waals surface area contributed by atoms with Crippen LogP contribution in [0.25, 0.3) is 0 Å². The second-order valence-corrected chi connectivity index (χ2v) is 4.30. The standard InChI is InChI=1S/C9H16O3S/c1-3-4-5-6-7-8-9-12-13(2,10)11/h6-9H,3-5H2,1-2H3/b7-6-,9-8-. The fourth-order valence-corrected chi connectivity index (χ4v) is 0.941. The van der Waals surface area contributed by atoms with E-state index in [9.17, 15) is 8.42 Å². The summed E-state index contributed by atoms with van der Waals surface area (Å²) in [5.41, 5.74) is 0. The highest BCUT2D eigenvalue weighted by Crippen LogP contribution is 1.95. The van der Waals surface area contributed by atoms with Crippen LogP contribution in [-0.4, -0.2) is 14.7 Å². The van der Waals surface area contributed by atoms with Crippen LogP contribution in [0.5, 0.6) is 0 Å². The van der Waals surface area contributed by atoms with E-state index in [-0.39, 0.29) is 0 Å². The third-order valence-corrected chi connectivity index (χ3v) is 1.74. The van der Waals surface area contributed by atoms with Crippen LogP contribution in [0.2, 0.25) is 0 Å². The van der Waals surface area contributed by atoms with Gasteiger partial charge in [-0.2, -0.15) is 8.42 Å². The molecule has 0 unspecified atom stereocenters. The van der Waals surface area contributed by atoms with Crippen molar-refractivity contribution in [2.75, 3.05) is 6.26 Å². The molecule has 0 spiro atoms. The Kier molecular flexibility index (Phi) is 6.32. The van der Waals surface area contributed by atoms with Gasteiger partial charge in [0.25, 0.3) is 0 Å². The van der Waals surface area contributed by atoms with Gasteiger partial charge in [0.1, 0.15) is 6.26 Å². The summed E-state index contributed by atoms with van der Waals surface area (Å²) >= 11 is 0. The summed E-state index contributed by atoms with van der Waals surface area (Å²) in [6.45, 7) is 2.12. The highest BCUT2D eigenvalue weighted by molar-refractivity contribution is 7.86. The summed E-state index contributed by atoms with van der Waals surface area (Å²) in [6.07, 6.45) is 10.8. The van der Waals surface area contributed by atoms with E-state index in [2.05, 4.69) is 11.1 Å². The molecule has 4 heteroatoms. The molecule has 0 radical (unpaired) electrons. The molecule has 0 heterocycles. The molecule has 0 rings (SSSR count). The smallest absolute Gasteiger partial charge is 0.305 e. The number of hydrogen-bond acceptors (Lipinski definition) is 3. The lowest BCUT2D eigenvalue weighted by Gasteiger charge is -1.91. The van der Waals surface area contributed by atoms with Crippen molar-refractivity contribution in [2.24, 2.45) is 0 Å². The van der Waals surface area contributed by atoms with Crippen molar-refractivity contribution >= 4 is 10.1 Å². The van der Waals surface area contributed by atoms with Crippen LogP contribution in [-0.2, 0) is 14.3 Å². The Morgan fingerprint density at radius 3 is 2.54 bits per heavy atom. The molecule has 3 nitrogen and oxygen atoms in total. The first-order valence-corrected chi connectivity index (χ1v) is 6.08. The van der Waals surface area contributed by atoms with E-state index in [0.29, 0.717) is 0 Å². The van der Waals surface area contributed by atoms with Gasteiger partial charge in [0.2, 0.25) is 0 Å². The van der Waals surface area contributed by atoms with Gasteiger partial charge in [-0.3, -0.25) is 0 Å². The van der Waals surface area contributed by atoms with Crippen molar-refractivity contribution in [2.45, 2.75) is 26.2 Å². The maximum atomic E-state index is 10.5. The number of rotatable bonds is 6. The number of unbranched alkanes of at least 4 members (excludes halogenated alkanes) is 2. The molecule has 76 valence electrons. The van der Waals surface area contributed by atoms with Gasteiger partial charge < -0.3 is 4.18 Å². The van der Waals surface area contributed by atoms with E-state index >= 15 is 0 Å². The summed E-state index contributed by atoms with van der Waals surface area (Å²) in [5, 5.41) is 0. The molecular formula is C9H16O3S. The van der Waals surface area contributed by atoms with Crippen molar-refractivity contribution in [3.8, 4) is 0 Å². The first kappa shape index (κ1) is 12.2. The van der Waals surface area contributed by atoms with Crippen LogP contribution in [0.1, 0.15) is 26.2 Å². The first-order chi connectivity index (χ1) is 6.06. The van der Waals surface area contributed by atoms with Gasteiger partial charge >= 0.3 is 10.1 Å². The van der Waals surface area contributed by atoms with Gasteiger partial charge in [-0.15, -0.1) is 0 Å². The second kappa shape index (κ2) is 6.71. The van der Waals surface area contributed by atoms with Crippen molar-refractivity contribution in [1.29, 1.82) is 0 Å². The fourth-order valence-electron chi connectivity index (χ4n) is 0.675. The summed E-state index contributed by atoms with van der Waals surface area (Å²) in [4.78, 5) is 0. The van der Waals surface area contributed by atoms with Gasteiger partial charge in [-0.1, -0.05) is 31.9 Å². The highest BCUT2D eigenvalue weighted by Gasteiger charge is 1.93. The lowest BCUT2D eigenvalue weighted by molar-refractivity contribution is 0.450. The Labute approximate surface area is 80.2 Å². The van der Waals surface area contributed by atoms with Gasteiger partial charge in [-0.25, -0.2) is 0 Å². The molecule has 0 amide bonds. The zero-order valence-corrected chi connectivity index (χ0v) is 8.88. The third kappa shape index (κ3) is 11.2. The molecular weight excluding hydrogens is 188 g/mol. The lowest BCUT2D eigenvalue weighted by Crippen LogP contribution is -1.95. The lowest BCUT2D eigenvalue weighted by atomic mass is 10.2. The minimum atomic E-state index is -3.34. The van der Waals surface area contributed by atoms with Crippen LogP contribution in [0.4, 0.5) is 0 Å². The summed E-state index contributed by atoms with van der Waals surface area (Å²) in [5.74, 6) is 0. The predicted octanol–water partition coefficient (Wildman–Crippen LogP) is 2.22. The van der Waals surface area contributed by atoms with Gasteiger partial charge in [0.05, 0.1) is 6.26 Å². The molecule has 0 aromatic carbocycles. The molecule has 0 aliphatic heterocycles. The zero-order chi connectivity index (χ0) is 10.2. The van der Waals surface area contributed by atoms with E-state index < -0.39 is 10.1 Å². The molecule has 0 aromatic rings. The fraction of sp³-hybridized carbons (Fsp3) is 0.556. The molecule has 0 saturated carbocycles. The van der Waals surface area contributed by atoms with Gasteiger partial charge in [0.15, 0.2) is 0 Å².